The van der Waals surface area contributed by atoms with E-state index >= 15 is 0 Å². The van der Waals surface area contributed by atoms with E-state index in [1.54, 1.807) is 11.8 Å². The monoisotopic (exact) mass is 425 g/mol. The number of hydrogen-bond acceptors (Lipinski definition) is 2. The third kappa shape index (κ3) is 3.73. The second-order valence-corrected chi connectivity index (χ2v) is 8.41. The standard InChI is InChI=1S/C26H23N3OS/c1-31-22-13-7-12-21(17-22)27-26(30)29-18-20-11-5-6-14-23(20)28-16-8-15-24(28)25(29)19-9-3-2-4-10-19/h2-17,25H,18H2,1H3,(H,27,30)/t25-/m1/s1. The minimum absolute atomic E-state index is 0.114. The smallest absolute Gasteiger partial charge is 0.318 e. The number of carbonyl (C=O) groups excluding carboxylic acids is 1. The molecule has 5 rings (SSSR count). The van der Waals surface area contributed by atoms with Crippen molar-refractivity contribution in [1.29, 1.82) is 0 Å². The van der Waals surface area contributed by atoms with Crippen LogP contribution in [0.3, 0.4) is 0 Å². The summed E-state index contributed by atoms with van der Waals surface area (Å²) in [6, 6.07) is 30.3. The third-order valence-electron chi connectivity index (χ3n) is 5.66. The van der Waals surface area contributed by atoms with Crippen LogP contribution in [0.5, 0.6) is 0 Å². The van der Waals surface area contributed by atoms with Crippen LogP contribution >= 0.6 is 11.8 Å². The molecule has 1 aromatic heterocycles. The average molecular weight is 426 g/mol. The number of amides is 2. The van der Waals surface area contributed by atoms with Crippen LogP contribution < -0.4 is 5.32 Å². The Hall–Kier alpha value is -3.44. The zero-order valence-corrected chi connectivity index (χ0v) is 18.0. The predicted molar refractivity (Wildman–Crippen MR) is 127 cm³/mol. The molecule has 2 amide bonds. The van der Waals surface area contributed by atoms with Gasteiger partial charge in [-0.1, -0.05) is 54.6 Å². The van der Waals surface area contributed by atoms with Gasteiger partial charge >= 0.3 is 6.03 Å². The first-order chi connectivity index (χ1) is 15.2. The number of nitrogens with one attached hydrogen (secondary N) is 1. The normalized spacial score (nSPS) is 15.0. The van der Waals surface area contributed by atoms with Gasteiger partial charge in [0.15, 0.2) is 0 Å². The Morgan fingerprint density at radius 2 is 1.74 bits per heavy atom. The number of benzene rings is 3. The number of nitrogens with zero attached hydrogens (tertiary/aromatic N) is 2. The molecule has 0 saturated heterocycles. The van der Waals surface area contributed by atoms with Crippen molar-refractivity contribution in [3.05, 3.63) is 114 Å². The molecule has 31 heavy (non-hydrogen) atoms. The van der Waals surface area contributed by atoms with E-state index in [1.807, 2.05) is 71.8 Å². The maximum atomic E-state index is 13.6. The number of carbonyl (C=O) groups is 1. The predicted octanol–water partition coefficient (Wildman–Crippen LogP) is 6.34. The van der Waals surface area contributed by atoms with E-state index in [4.69, 9.17) is 0 Å². The van der Waals surface area contributed by atoms with Gasteiger partial charge in [0.05, 0.1) is 18.3 Å². The molecule has 4 nitrogen and oxygen atoms in total. The van der Waals surface area contributed by atoms with Gasteiger partial charge in [-0.3, -0.25) is 0 Å². The second kappa shape index (κ2) is 8.36. The fraction of sp³-hybridized carbons (Fsp3) is 0.115. The Balaban J connectivity index is 1.60. The summed E-state index contributed by atoms with van der Waals surface area (Å²) in [6.07, 6.45) is 4.11. The zero-order valence-electron chi connectivity index (χ0n) is 17.2. The minimum Gasteiger partial charge on any atom is -0.318 e. The SMILES string of the molecule is CSc1cccc(NC(=O)N2Cc3ccccc3-n3cccc3[C@H]2c2ccccc2)c1. The van der Waals surface area contributed by atoms with Gasteiger partial charge in [-0.15, -0.1) is 11.8 Å². The number of hydrogen-bond donors (Lipinski definition) is 1. The van der Waals surface area contributed by atoms with Gasteiger partial charge < -0.3 is 14.8 Å². The number of para-hydroxylation sites is 1. The molecule has 0 radical (unpaired) electrons. The Labute approximate surface area is 186 Å². The number of aromatic nitrogens is 1. The van der Waals surface area contributed by atoms with Gasteiger partial charge in [0.1, 0.15) is 0 Å². The average Bonchev–Trinajstić information content (AvgIpc) is 3.24. The molecular formula is C26H23N3OS. The Kier molecular flexibility index (Phi) is 5.26. The summed E-state index contributed by atoms with van der Waals surface area (Å²) in [6.45, 7) is 0.519. The van der Waals surface area contributed by atoms with Crippen LogP contribution in [-0.4, -0.2) is 21.8 Å². The first-order valence-electron chi connectivity index (χ1n) is 10.3. The van der Waals surface area contributed by atoms with Crippen molar-refractivity contribution in [3.63, 3.8) is 0 Å². The summed E-state index contributed by atoms with van der Waals surface area (Å²) >= 11 is 1.66. The van der Waals surface area contributed by atoms with Gasteiger partial charge in [0, 0.05) is 22.5 Å². The molecular weight excluding hydrogens is 402 g/mol. The molecule has 0 spiro atoms. The van der Waals surface area contributed by atoms with Crippen LogP contribution in [0.2, 0.25) is 0 Å². The van der Waals surface area contributed by atoms with Crippen LogP contribution in [0.15, 0.2) is 102 Å². The summed E-state index contributed by atoms with van der Waals surface area (Å²) in [5, 5.41) is 3.13. The molecule has 5 heteroatoms. The van der Waals surface area contributed by atoms with Crippen LogP contribution in [0.25, 0.3) is 5.69 Å². The van der Waals surface area contributed by atoms with Gasteiger partial charge in [0.25, 0.3) is 0 Å². The number of fused-ring (bicyclic) bond motifs is 3. The molecule has 3 aromatic carbocycles. The van der Waals surface area contributed by atoms with Crippen molar-refractivity contribution in [2.45, 2.75) is 17.5 Å². The van der Waals surface area contributed by atoms with Crippen molar-refractivity contribution in [2.24, 2.45) is 0 Å². The summed E-state index contributed by atoms with van der Waals surface area (Å²) in [5.74, 6) is 0. The van der Waals surface area contributed by atoms with Crippen LogP contribution in [0.4, 0.5) is 10.5 Å². The Morgan fingerprint density at radius 1 is 0.935 bits per heavy atom. The number of anilines is 1. The van der Waals surface area contributed by atoms with Crippen molar-refractivity contribution in [2.75, 3.05) is 11.6 Å². The molecule has 1 aliphatic heterocycles. The van der Waals surface area contributed by atoms with E-state index in [2.05, 4.69) is 46.4 Å². The highest BCUT2D eigenvalue weighted by molar-refractivity contribution is 7.98. The first-order valence-corrected chi connectivity index (χ1v) is 11.5. The minimum atomic E-state index is -0.202. The molecule has 0 aliphatic carbocycles. The highest BCUT2D eigenvalue weighted by Crippen LogP contribution is 2.36. The van der Waals surface area contributed by atoms with Crippen molar-refractivity contribution in [1.82, 2.24) is 9.47 Å². The zero-order chi connectivity index (χ0) is 21.2. The molecule has 1 N–H and O–H groups in total. The molecule has 2 heterocycles. The van der Waals surface area contributed by atoms with Gasteiger partial charge in [0.2, 0.25) is 0 Å². The molecule has 0 unspecified atom stereocenters. The molecule has 4 aromatic rings. The van der Waals surface area contributed by atoms with Gasteiger partial charge in [-0.25, -0.2) is 4.79 Å². The third-order valence-corrected chi connectivity index (χ3v) is 6.39. The second-order valence-electron chi connectivity index (χ2n) is 7.53. The lowest BCUT2D eigenvalue weighted by atomic mass is 10.0. The topological polar surface area (TPSA) is 37.3 Å². The lowest BCUT2D eigenvalue weighted by molar-refractivity contribution is 0.194. The van der Waals surface area contributed by atoms with Crippen LogP contribution in [-0.2, 0) is 6.54 Å². The highest BCUT2D eigenvalue weighted by Gasteiger charge is 2.32. The maximum absolute atomic E-state index is 13.6. The summed E-state index contributed by atoms with van der Waals surface area (Å²) in [4.78, 5) is 16.7. The molecule has 154 valence electrons. The van der Waals surface area contributed by atoms with E-state index in [0.29, 0.717) is 6.54 Å². The van der Waals surface area contributed by atoms with Crippen molar-refractivity contribution in [3.8, 4) is 5.69 Å². The molecule has 1 atom stereocenters. The van der Waals surface area contributed by atoms with Gasteiger partial charge in [-0.05, 0) is 53.8 Å². The first kappa shape index (κ1) is 19.5. The largest absolute Gasteiger partial charge is 0.322 e. The highest BCUT2D eigenvalue weighted by atomic mass is 32.2. The van der Waals surface area contributed by atoms with Crippen LogP contribution in [0, 0.1) is 0 Å². The Morgan fingerprint density at radius 3 is 2.58 bits per heavy atom. The fourth-order valence-corrected chi connectivity index (χ4v) is 4.68. The Bertz CT molecular complexity index is 1220. The molecule has 0 saturated carbocycles. The van der Waals surface area contributed by atoms with E-state index in [-0.39, 0.29) is 12.1 Å². The van der Waals surface area contributed by atoms with E-state index in [0.717, 1.165) is 33.1 Å². The number of rotatable bonds is 3. The summed E-state index contributed by atoms with van der Waals surface area (Å²) in [5.41, 5.74) is 5.19. The maximum Gasteiger partial charge on any atom is 0.322 e. The lowest BCUT2D eigenvalue weighted by Gasteiger charge is -2.31. The molecule has 1 aliphatic rings. The fourth-order valence-electron chi connectivity index (χ4n) is 4.22. The number of thioether (sulfide) groups is 1. The van der Waals surface area contributed by atoms with Crippen molar-refractivity contribution >= 4 is 23.5 Å². The van der Waals surface area contributed by atoms with Gasteiger partial charge in [-0.2, -0.15) is 0 Å². The quantitative estimate of drug-likeness (QED) is 0.389. The molecule has 0 fully saturated rings. The van der Waals surface area contributed by atoms with E-state index < -0.39 is 0 Å². The van der Waals surface area contributed by atoms with Crippen LogP contribution in [0.1, 0.15) is 22.9 Å². The van der Waals surface area contributed by atoms with E-state index in [9.17, 15) is 4.79 Å². The van der Waals surface area contributed by atoms with Crippen molar-refractivity contribution < 1.29 is 4.79 Å². The molecule has 0 bridgehead atoms. The number of urea groups is 1. The van der Waals surface area contributed by atoms with E-state index in [1.165, 1.54) is 0 Å². The lowest BCUT2D eigenvalue weighted by Crippen LogP contribution is -2.37. The summed E-state index contributed by atoms with van der Waals surface area (Å²) < 4.78 is 2.20. The summed E-state index contributed by atoms with van der Waals surface area (Å²) in [7, 11) is 0.